The summed E-state index contributed by atoms with van der Waals surface area (Å²) in [7, 11) is 0. The summed E-state index contributed by atoms with van der Waals surface area (Å²) < 4.78 is 0. The fourth-order valence-corrected chi connectivity index (χ4v) is 3.14. The van der Waals surface area contributed by atoms with E-state index in [0.29, 0.717) is 25.0 Å². The second-order valence-electron chi connectivity index (χ2n) is 5.65. The average molecular weight is 253 g/mol. The first-order valence-corrected chi connectivity index (χ1v) is 7.53. The van der Waals surface area contributed by atoms with Gasteiger partial charge in [-0.3, -0.25) is 9.69 Å². The Labute approximate surface area is 110 Å². The third-order valence-electron chi connectivity index (χ3n) is 4.32. The Morgan fingerprint density at radius 1 is 1.00 bits per heavy atom. The predicted molar refractivity (Wildman–Crippen MR) is 73.3 cm³/mol. The van der Waals surface area contributed by atoms with Crippen molar-refractivity contribution in [1.82, 2.24) is 9.80 Å². The van der Waals surface area contributed by atoms with E-state index in [0.717, 1.165) is 26.1 Å². The smallest absolute Gasteiger partial charge is 0.236 e. The lowest BCUT2D eigenvalue weighted by Crippen LogP contribution is -2.45. The molecule has 0 aromatic rings. The topological polar surface area (TPSA) is 49.6 Å². The van der Waals surface area contributed by atoms with Crippen LogP contribution in [0.5, 0.6) is 0 Å². The Hall–Kier alpha value is -0.610. The van der Waals surface area contributed by atoms with Crippen molar-refractivity contribution in [2.75, 3.05) is 32.7 Å². The minimum atomic E-state index is 0.317. The van der Waals surface area contributed by atoms with Crippen LogP contribution in [0.25, 0.3) is 0 Å². The van der Waals surface area contributed by atoms with Gasteiger partial charge in [-0.1, -0.05) is 19.3 Å². The highest BCUT2D eigenvalue weighted by Gasteiger charge is 2.26. The summed E-state index contributed by atoms with van der Waals surface area (Å²) in [4.78, 5) is 16.7. The van der Waals surface area contributed by atoms with Crippen molar-refractivity contribution < 1.29 is 4.79 Å². The molecule has 2 heterocycles. The first-order chi connectivity index (χ1) is 8.81. The van der Waals surface area contributed by atoms with Gasteiger partial charge in [-0.25, -0.2) is 0 Å². The number of rotatable bonds is 3. The van der Waals surface area contributed by atoms with E-state index in [2.05, 4.69) is 9.80 Å². The second kappa shape index (κ2) is 7.10. The quantitative estimate of drug-likeness (QED) is 0.822. The van der Waals surface area contributed by atoms with Gasteiger partial charge in [0.05, 0.1) is 6.54 Å². The van der Waals surface area contributed by atoms with Gasteiger partial charge in [0.1, 0.15) is 0 Å². The molecule has 0 spiro atoms. The summed E-state index contributed by atoms with van der Waals surface area (Å²) in [5.74, 6) is 0.317. The Morgan fingerprint density at radius 3 is 2.33 bits per heavy atom. The van der Waals surface area contributed by atoms with E-state index in [9.17, 15) is 4.79 Å². The molecule has 18 heavy (non-hydrogen) atoms. The highest BCUT2D eigenvalue weighted by atomic mass is 16.2. The van der Waals surface area contributed by atoms with Gasteiger partial charge >= 0.3 is 0 Å². The van der Waals surface area contributed by atoms with E-state index < -0.39 is 0 Å². The van der Waals surface area contributed by atoms with Crippen LogP contribution >= 0.6 is 0 Å². The van der Waals surface area contributed by atoms with Crippen LogP contribution in [0.4, 0.5) is 0 Å². The normalized spacial score (nSPS) is 26.9. The van der Waals surface area contributed by atoms with Gasteiger partial charge in [-0.05, 0) is 32.2 Å². The average Bonchev–Trinajstić information content (AvgIpc) is 2.75. The number of likely N-dealkylation sites (tertiary alicyclic amines) is 2. The summed E-state index contributed by atoms with van der Waals surface area (Å²) in [6.45, 7) is 4.23. The first kappa shape index (κ1) is 13.8. The van der Waals surface area contributed by atoms with Gasteiger partial charge in [0.2, 0.25) is 5.91 Å². The number of nitrogens with zero attached hydrogens (tertiary/aromatic N) is 2. The standard InChI is InChI=1S/C14H27N3O/c15-11-13-7-6-10-17(13)12-14(18)16-8-4-2-1-3-5-9-16/h13H,1-12,15H2. The van der Waals surface area contributed by atoms with E-state index >= 15 is 0 Å². The van der Waals surface area contributed by atoms with Gasteiger partial charge in [0.25, 0.3) is 0 Å². The molecule has 1 amide bonds. The van der Waals surface area contributed by atoms with Crippen molar-refractivity contribution in [3.05, 3.63) is 0 Å². The summed E-state index contributed by atoms with van der Waals surface area (Å²) in [6, 6.07) is 0.434. The Bertz CT molecular complexity index is 262. The molecular formula is C14H27N3O. The first-order valence-electron chi connectivity index (χ1n) is 7.53. The second-order valence-corrected chi connectivity index (χ2v) is 5.65. The molecule has 2 N–H and O–H groups in total. The van der Waals surface area contributed by atoms with Crippen molar-refractivity contribution in [2.24, 2.45) is 5.73 Å². The maximum absolute atomic E-state index is 12.3. The van der Waals surface area contributed by atoms with Crippen LogP contribution in [0.15, 0.2) is 0 Å². The lowest BCUT2D eigenvalue weighted by atomic mass is 10.1. The third-order valence-corrected chi connectivity index (χ3v) is 4.32. The summed E-state index contributed by atoms with van der Waals surface area (Å²) in [5.41, 5.74) is 5.76. The largest absolute Gasteiger partial charge is 0.342 e. The maximum Gasteiger partial charge on any atom is 0.236 e. The lowest BCUT2D eigenvalue weighted by Gasteiger charge is -2.29. The molecule has 0 bridgehead atoms. The number of carbonyl (C=O) groups excluding carboxylic acids is 1. The van der Waals surface area contributed by atoms with E-state index in [4.69, 9.17) is 5.73 Å². The van der Waals surface area contributed by atoms with Crippen molar-refractivity contribution in [3.63, 3.8) is 0 Å². The minimum Gasteiger partial charge on any atom is -0.342 e. The molecule has 0 aromatic heterocycles. The molecule has 2 fully saturated rings. The molecule has 0 radical (unpaired) electrons. The number of amides is 1. The molecule has 4 heteroatoms. The van der Waals surface area contributed by atoms with Crippen molar-refractivity contribution in [1.29, 1.82) is 0 Å². The SMILES string of the molecule is NCC1CCCN1CC(=O)N1CCCCCCC1. The van der Waals surface area contributed by atoms with E-state index in [1.165, 1.54) is 38.5 Å². The van der Waals surface area contributed by atoms with Crippen LogP contribution in [0.1, 0.15) is 44.9 Å². The molecule has 0 aromatic carbocycles. The predicted octanol–water partition coefficient (Wildman–Crippen LogP) is 1.20. The highest BCUT2D eigenvalue weighted by Crippen LogP contribution is 2.17. The van der Waals surface area contributed by atoms with Gasteiger partial charge in [-0.15, -0.1) is 0 Å². The monoisotopic (exact) mass is 253 g/mol. The van der Waals surface area contributed by atoms with E-state index in [1.54, 1.807) is 0 Å². The molecule has 2 aliphatic heterocycles. The summed E-state index contributed by atoms with van der Waals surface area (Å²) in [6.07, 6.45) is 8.58. The van der Waals surface area contributed by atoms with Gasteiger partial charge in [0, 0.05) is 25.7 Å². The van der Waals surface area contributed by atoms with Crippen LogP contribution in [0.2, 0.25) is 0 Å². The number of hydrogen-bond donors (Lipinski definition) is 1. The molecule has 0 aliphatic carbocycles. The van der Waals surface area contributed by atoms with Gasteiger partial charge in [0.15, 0.2) is 0 Å². The van der Waals surface area contributed by atoms with E-state index in [1.807, 2.05) is 0 Å². The molecule has 104 valence electrons. The summed E-state index contributed by atoms with van der Waals surface area (Å²) in [5, 5.41) is 0. The van der Waals surface area contributed by atoms with Gasteiger partial charge in [-0.2, -0.15) is 0 Å². The number of hydrogen-bond acceptors (Lipinski definition) is 3. The molecule has 2 saturated heterocycles. The van der Waals surface area contributed by atoms with Gasteiger partial charge < -0.3 is 10.6 Å². The molecule has 2 rings (SSSR count). The molecule has 4 nitrogen and oxygen atoms in total. The highest BCUT2D eigenvalue weighted by molar-refractivity contribution is 5.78. The summed E-state index contributed by atoms with van der Waals surface area (Å²) >= 11 is 0. The van der Waals surface area contributed by atoms with Crippen LogP contribution in [-0.4, -0.2) is 54.5 Å². The zero-order valence-corrected chi connectivity index (χ0v) is 11.4. The number of carbonyl (C=O) groups is 1. The molecule has 2 aliphatic rings. The van der Waals surface area contributed by atoms with Crippen LogP contribution in [0, 0.1) is 0 Å². The lowest BCUT2D eigenvalue weighted by molar-refractivity contribution is -0.133. The Morgan fingerprint density at radius 2 is 1.67 bits per heavy atom. The zero-order valence-electron chi connectivity index (χ0n) is 11.4. The van der Waals surface area contributed by atoms with Crippen LogP contribution in [0.3, 0.4) is 0 Å². The van der Waals surface area contributed by atoms with Crippen LogP contribution in [-0.2, 0) is 4.79 Å². The molecular weight excluding hydrogens is 226 g/mol. The van der Waals surface area contributed by atoms with Crippen molar-refractivity contribution in [3.8, 4) is 0 Å². The van der Waals surface area contributed by atoms with Crippen molar-refractivity contribution in [2.45, 2.75) is 51.0 Å². The maximum atomic E-state index is 12.3. The molecule has 1 unspecified atom stereocenters. The van der Waals surface area contributed by atoms with Crippen LogP contribution < -0.4 is 5.73 Å². The fourth-order valence-electron chi connectivity index (χ4n) is 3.14. The Balaban J connectivity index is 1.82. The zero-order chi connectivity index (χ0) is 12.8. The number of nitrogens with two attached hydrogens (primary N) is 1. The molecule has 1 atom stereocenters. The fraction of sp³-hybridized carbons (Fsp3) is 0.929. The Kier molecular flexibility index (Phi) is 5.45. The minimum absolute atomic E-state index is 0.317. The third kappa shape index (κ3) is 3.69. The van der Waals surface area contributed by atoms with E-state index in [-0.39, 0.29) is 0 Å². The molecule has 0 saturated carbocycles. The van der Waals surface area contributed by atoms with Crippen molar-refractivity contribution >= 4 is 5.91 Å².